The van der Waals surface area contributed by atoms with Gasteiger partial charge in [0.25, 0.3) is 0 Å². The Bertz CT molecular complexity index is 553. The second kappa shape index (κ2) is 22.5. The molecule has 0 aliphatic heterocycles. The van der Waals surface area contributed by atoms with E-state index >= 15 is 0 Å². The van der Waals surface area contributed by atoms with Crippen molar-refractivity contribution >= 4 is 0 Å². The zero-order valence-corrected chi connectivity index (χ0v) is 34.3. The van der Waals surface area contributed by atoms with Gasteiger partial charge in [0, 0.05) is 0 Å². The van der Waals surface area contributed by atoms with Crippen molar-refractivity contribution in [3.05, 3.63) is 0 Å². The first-order chi connectivity index (χ1) is 17.5. The lowest BCUT2D eigenvalue weighted by Crippen LogP contribution is -2.28. The monoisotopic (exact) mass is 603 g/mol. The van der Waals surface area contributed by atoms with Crippen molar-refractivity contribution in [1.29, 1.82) is 0 Å². The number of hydrogen-bond acceptors (Lipinski definition) is 1. The fraction of sp³-hybridized carbons (Fsp3) is 1.00. The van der Waals surface area contributed by atoms with Crippen molar-refractivity contribution < 1.29 is 5.11 Å². The van der Waals surface area contributed by atoms with Gasteiger partial charge in [-0.05, 0) is 70.0 Å². The number of aliphatic hydroxyl groups excluding tert-OH is 1. The largest absolute Gasteiger partial charge is 0.393 e. The quantitative estimate of drug-likeness (QED) is 0.339. The molecule has 0 saturated heterocycles. The van der Waals surface area contributed by atoms with Gasteiger partial charge in [0.1, 0.15) is 0 Å². The average Bonchev–Trinajstić information content (AvgIpc) is 2.61. The maximum absolute atomic E-state index is 8.89. The van der Waals surface area contributed by atoms with Crippen molar-refractivity contribution in [3.8, 4) is 0 Å². The van der Waals surface area contributed by atoms with Gasteiger partial charge in [-0.2, -0.15) is 0 Å². The van der Waals surface area contributed by atoms with Crippen LogP contribution in [0, 0.1) is 43.8 Å². The molecule has 1 heteroatoms. The number of rotatable bonds is 4. The van der Waals surface area contributed by atoms with Gasteiger partial charge in [-0.25, -0.2) is 0 Å². The molecule has 0 rings (SSSR count). The lowest BCUT2D eigenvalue weighted by Gasteiger charge is -2.37. The molecule has 0 aliphatic rings. The summed E-state index contributed by atoms with van der Waals surface area (Å²) < 4.78 is 0. The highest BCUT2D eigenvalue weighted by Gasteiger charge is 2.30. The summed E-state index contributed by atoms with van der Waals surface area (Å²) in [5.41, 5.74) is 3.23. The smallest absolute Gasteiger partial charge is 0.0517 e. The van der Waals surface area contributed by atoms with Gasteiger partial charge < -0.3 is 5.11 Å². The Morgan fingerprint density at radius 2 is 0.857 bits per heavy atom. The molecule has 0 aromatic heterocycles. The molecule has 0 spiro atoms. The molecular weight excluding hydrogens is 508 g/mol. The highest BCUT2D eigenvalue weighted by atomic mass is 16.3. The van der Waals surface area contributed by atoms with Gasteiger partial charge in [0.2, 0.25) is 0 Å². The minimum Gasteiger partial charge on any atom is -0.393 e. The predicted octanol–water partition coefficient (Wildman–Crippen LogP) is 15.3. The molecule has 0 radical (unpaired) electrons. The minimum atomic E-state index is -0.157. The topological polar surface area (TPSA) is 20.2 Å². The fourth-order valence-corrected chi connectivity index (χ4v) is 4.37. The minimum absolute atomic E-state index is 0. The highest BCUT2D eigenvalue weighted by Crippen LogP contribution is 2.40. The van der Waals surface area contributed by atoms with Gasteiger partial charge in [-0.1, -0.05) is 193 Å². The van der Waals surface area contributed by atoms with Gasteiger partial charge in [0.15, 0.2) is 0 Å². The Morgan fingerprint density at radius 1 is 0.524 bits per heavy atom. The summed E-state index contributed by atoms with van der Waals surface area (Å²) in [5, 5.41) is 8.89. The third-order valence-electron chi connectivity index (χ3n) is 7.97. The summed E-state index contributed by atoms with van der Waals surface area (Å²) in [5.74, 6) is 0.850. The molecule has 2 unspecified atom stereocenters. The molecule has 264 valence electrons. The zero-order chi connectivity index (χ0) is 34.9. The molecule has 2 atom stereocenters. The molecule has 0 heterocycles. The molecule has 0 amide bonds. The van der Waals surface area contributed by atoms with Crippen LogP contribution in [-0.2, 0) is 0 Å². The van der Waals surface area contributed by atoms with E-state index in [1.165, 1.54) is 32.1 Å². The van der Waals surface area contributed by atoms with Crippen LogP contribution in [0.5, 0.6) is 0 Å². The van der Waals surface area contributed by atoms with Gasteiger partial charge in [-0.15, -0.1) is 0 Å². The van der Waals surface area contributed by atoms with Crippen LogP contribution in [0.2, 0.25) is 0 Å². The van der Waals surface area contributed by atoms with Crippen LogP contribution in [0.3, 0.4) is 0 Å². The lowest BCUT2D eigenvalue weighted by molar-refractivity contribution is 0.126. The lowest BCUT2D eigenvalue weighted by atomic mass is 9.68. The van der Waals surface area contributed by atoms with Gasteiger partial charge >= 0.3 is 0 Å². The Balaban J connectivity index is -0.0000000961. The zero-order valence-electron chi connectivity index (χ0n) is 34.3. The summed E-state index contributed by atoms with van der Waals surface area (Å²) in [6, 6.07) is 0. The van der Waals surface area contributed by atoms with Crippen molar-refractivity contribution in [2.75, 3.05) is 0 Å². The Kier molecular flexibility index (Phi) is 29.1. The van der Waals surface area contributed by atoms with E-state index < -0.39 is 0 Å². The van der Waals surface area contributed by atoms with E-state index in [4.69, 9.17) is 5.11 Å². The molecule has 0 fully saturated rings. The molecule has 0 aliphatic carbocycles. The Labute approximate surface area is 273 Å². The van der Waals surface area contributed by atoms with E-state index in [1.807, 2.05) is 6.92 Å². The van der Waals surface area contributed by atoms with Gasteiger partial charge in [-0.3, -0.25) is 0 Å². The predicted molar refractivity (Wildman–Crippen MR) is 203 cm³/mol. The molecule has 42 heavy (non-hydrogen) atoms. The van der Waals surface area contributed by atoms with Gasteiger partial charge in [0.05, 0.1) is 6.10 Å². The summed E-state index contributed by atoms with van der Waals surface area (Å²) in [7, 11) is 0. The maximum atomic E-state index is 8.89. The van der Waals surface area contributed by atoms with Crippen LogP contribution in [0.15, 0.2) is 0 Å². The molecule has 0 aromatic rings. The van der Waals surface area contributed by atoms with Crippen LogP contribution in [0.25, 0.3) is 0 Å². The van der Waals surface area contributed by atoms with E-state index in [2.05, 4.69) is 166 Å². The Hall–Kier alpha value is -0.0400. The first kappa shape index (κ1) is 54.4. The molecular formula is C41H94O. The van der Waals surface area contributed by atoms with E-state index in [1.54, 1.807) is 0 Å². The van der Waals surface area contributed by atoms with Crippen molar-refractivity contribution in [1.82, 2.24) is 0 Å². The molecule has 1 N–H and O–H groups in total. The van der Waals surface area contributed by atoms with E-state index in [0.717, 1.165) is 12.3 Å². The molecule has 0 aromatic carbocycles. The number of aliphatic hydroxyl groups is 1. The highest BCUT2D eigenvalue weighted by molar-refractivity contribution is 4.80. The van der Waals surface area contributed by atoms with Crippen molar-refractivity contribution in [2.24, 2.45) is 43.8 Å². The fourth-order valence-electron chi connectivity index (χ4n) is 4.37. The summed E-state index contributed by atoms with van der Waals surface area (Å²) >= 11 is 0. The molecule has 1 nitrogen and oxygen atoms in total. The van der Waals surface area contributed by atoms with Crippen LogP contribution < -0.4 is 0 Å². The standard InChI is InChI=1S/2C9H20.C8H18.C7H16O.C7H16.CH4/c1-8(2,3)7-9(4,5)6;1-7-9(5,6)8(2,3)4;1-6-7(2)8(3,4)5;1-6(8)5-7(2,3)4;1-5-6-7(2,3)4;/h2*7H2,1-6H3;7H,6H2,1-5H3;6,8H,5H2,1-4H3;5-6H2,1-4H3;1H4. The summed E-state index contributed by atoms with van der Waals surface area (Å²) in [6.45, 7) is 56.2. The Morgan fingerprint density at radius 3 is 0.857 bits per heavy atom. The molecule has 0 saturated carbocycles. The average molecular weight is 603 g/mol. The second-order valence-electron chi connectivity index (χ2n) is 20.4. The SMILES string of the molecule is C.CC(C)(C)CC(C)(C)C.CC(O)CC(C)(C)C.CCC(C)(C)C(C)(C)C.CCC(C)C(C)(C)C.CCCC(C)(C)C. The van der Waals surface area contributed by atoms with E-state index in [9.17, 15) is 0 Å². The van der Waals surface area contributed by atoms with E-state index in [0.29, 0.717) is 32.5 Å². The second-order valence-corrected chi connectivity index (χ2v) is 20.4. The van der Waals surface area contributed by atoms with Crippen molar-refractivity contribution in [3.63, 3.8) is 0 Å². The maximum Gasteiger partial charge on any atom is 0.0517 e. The van der Waals surface area contributed by atoms with Crippen LogP contribution in [0.4, 0.5) is 0 Å². The molecule has 0 bridgehead atoms. The number of hydrogen-bond donors (Lipinski definition) is 1. The first-order valence-corrected chi connectivity index (χ1v) is 17.2. The van der Waals surface area contributed by atoms with Crippen LogP contribution >= 0.6 is 0 Å². The normalized spacial score (nSPS) is 14.1. The van der Waals surface area contributed by atoms with Crippen LogP contribution in [-0.4, -0.2) is 11.2 Å². The first-order valence-electron chi connectivity index (χ1n) is 17.2. The van der Waals surface area contributed by atoms with E-state index in [-0.39, 0.29) is 18.9 Å². The third-order valence-corrected chi connectivity index (χ3v) is 7.97. The van der Waals surface area contributed by atoms with Crippen LogP contribution in [0.1, 0.15) is 219 Å². The third kappa shape index (κ3) is 49.6. The van der Waals surface area contributed by atoms with Crippen molar-refractivity contribution in [2.45, 2.75) is 225 Å². The summed E-state index contributed by atoms with van der Waals surface area (Å²) in [6.07, 6.45) is 7.22. The summed E-state index contributed by atoms with van der Waals surface area (Å²) in [4.78, 5) is 0.